The summed E-state index contributed by atoms with van der Waals surface area (Å²) in [5.41, 5.74) is 8.64. The molecule has 1 aromatic carbocycles. The molecule has 0 atom stereocenters. The van der Waals surface area contributed by atoms with Gasteiger partial charge in [0.05, 0.1) is 11.3 Å². The van der Waals surface area contributed by atoms with E-state index in [1.165, 1.54) is 0 Å². The molecule has 6 heteroatoms. The van der Waals surface area contributed by atoms with Crippen molar-refractivity contribution in [2.45, 2.75) is 25.3 Å². The van der Waals surface area contributed by atoms with E-state index in [0.29, 0.717) is 23.5 Å². The van der Waals surface area contributed by atoms with Crippen molar-refractivity contribution >= 4 is 17.3 Å². The molecule has 1 saturated heterocycles. The highest BCUT2D eigenvalue weighted by molar-refractivity contribution is 6.04. The molecule has 2 heterocycles. The third kappa shape index (κ3) is 2.09. The second-order valence-corrected chi connectivity index (χ2v) is 5.58. The van der Waals surface area contributed by atoms with Crippen molar-refractivity contribution in [1.29, 1.82) is 0 Å². The molecule has 2 aliphatic heterocycles. The first kappa shape index (κ1) is 13.1. The number of hydrogen-bond acceptors (Lipinski definition) is 3. The van der Waals surface area contributed by atoms with Gasteiger partial charge in [-0.1, -0.05) is 0 Å². The van der Waals surface area contributed by atoms with Gasteiger partial charge in [-0.05, 0) is 17.7 Å². The molecular weight excluding hydrogens is 264 g/mol. The van der Waals surface area contributed by atoms with Gasteiger partial charge in [0, 0.05) is 45.2 Å². The number of amides is 1. The summed E-state index contributed by atoms with van der Waals surface area (Å²) >= 11 is 0. The standard InChI is InChI=1S/C14H17F2N3O/c1-18-8-9-6-10(17)7-11(12(9)13(18)20)19-4-2-14(15,16)3-5-19/h6-7H,2-5,8,17H2,1H3. The van der Waals surface area contributed by atoms with E-state index in [1.807, 2.05) is 4.90 Å². The summed E-state index contributed by atoms with van der Waals surface area (Å²) in [5, 5.41) is 0. The molecule has 108 valence electrons. The maximum Gasteiger partial charge on any atom is 0.256 e. The number of nitrogens with zero attached hydrogens (tertiary/aromatic N) is 2. The Morgan fingerprint density at radius 3 is 2.55 bits per heavy atom. The van der Waals surface area contributed by atoms with Crippen LogP contribution in [0, 0.1) is 0 Å². The monoisotopic (exact) mass is 281 g/mol. The molecule has 2 N–H and O–H groups in total. The van der Waals surface area contributed by atoms with Crippen molar-refractivity contribution in [3.05, 3.63) is 23.3 Å². The maximum absolute atomic E-state index is 13.3. The van der Waals surface area contributed by atoms with Gasteiger partial charge in [0.2, 0.25) is 0 Å². The second kappa shape index (κ2) is 4.33. The summed E-state index contributed by atoms with van der Waals surface area (Å²) in [6, 6.07) is 3.51. The number of hydrogen-bond donors (Lipinski definition) is 1. The molecule has 0 unspecified atom stereocenters. The Morgan fingerprint density at radius 2 is 1.90 bits per heavy atom. The number of fused-ring (bicyclic) bond motifs is 1. The van der Waals surface area contributed by atoms with Crippen molar-refractivity contribution < 1.29 is 13.6 Å². The van der Waals surface area contributed by atoms with Crippen LogP contribution in [0.1, 0.15) is 28.8 Å². The van der Waals surface area contributed by atoms with Gasteiger partial charge >= 0.3 is 0 Å². The molecule has 0 aliphatic carbocycles. The van der Waals surface area contributed by atoms with Gasteiger partial charge in [0.15, 0.2) is 0 Å². The first-order chi connectivity index (χ1) is 9.37. The summed E-state index contributed by atoms with van der Waals surface area (Å²) in [4.78, 5) is 15.7. The van der Waals surface area contributed by atoms with Gasteiger partial charge in [-0.15, -0.1) is 0 Å². The molecule has 0 spiro atoms. The lowest BCUT2D eigenvalue weighted by atomic mass is 10.0. The highest BCUT2D eigenvalue weighted by Crippen LogP contribution is 2.37. The van der Waals surface area contributed by atoms with Crippen LogP contribution in [0.25, 0.3) is 0 Å². The van der Waals surface area contributed by atoms with Crippen LogP contribution in [0.3, 0.4) is 0 Å². The number of nitrogens with two attached hydrogens (primary N) is 1. The van der Waals surface area contributed by atoms with Crippen LogP contribution in [0.15, 0.2) is 12.1 Å². The van der Waals surface area contributed by atoms with E-state index in [0.717, 1.165) is 5.56 Å². The van der Waals surface area contributed by atoms with Crippen LogP contribution >= 0.6 is 0 Å². The number of alkyl halides is 2. The summed E-state index contributed by atoms with van der Waals surface area (Å²) in [6.07, 6.45) is -0.360. The van der Waals surface area contributed by atoms with E-state index in [9.17, 15) is 13.6 Å². The molecule has 0 aromatic heterocycles. The Bertz CT molecular complexity index is 564. The zero-order valence-electron chi connectivity index (χ0n) is 11.3. The van der Waals surface area contributed by atoms with Crippen molar-refractivity contribution in [2.24, 2.45) is 0 Å². The summed E-state index contributed by atoms with van der Waals surface area (Å²) in [7, 11) is 1.73. The molecule has 4 nitrogen and oxygen atoms in total. The predicted molar refractivity (Wildman–Crippen MR) is 73.0 cm³/mol. The van der Waals surface area contributed by atoms with Crippen LogP contribution in [-0.4, -0.2) is 36.9 Å². The minimum absolute atomic E-state index is 0.0627. The Morgan fingerprint density at radius 1 is 1.25 bits per heavy atom. The van der Waals surface area contributed by atoms with Crippen molar-refractivity contribution in [3.63, 3.8) is 0 Å². The molecule has 1 aromatic rings. The van der Waals surface area contributed by atoms with E-state index >= 15 is 0 Å². The third-order valence-corrected chi connectivity index (χ3v) is 4.03. The first-order valence-electron chi connectivity index (χ1n) is 6.68. The minimum Gasteiger partial charge on any atom is -0.399 e. The second-order valence-electron chi connectivity index (χ2n) is 5.58. The first-order valence-corrected chi connectivity index (χ1v) is 6.68. The summed E-state index contributed by atoms with van der Waals surface area (Å²) < 4.78 is 26.5. The number of halogens is 2. The Hall–Kier alpha value is -1.85. The fraction of sp³-hybridized carbons (Fsp3) is 0.500. The van der Waals surface area contributed by atoms with Gasteiger partial charge < -0.3 is 15.5 Å². The van der Waals surface area contributed by atoms with Crippen LogP contribution in [0.2, 0.25) is 0 Å². The number of piperidine rings is 1. The van der Waals surface area contributed by atoms with E-state index < -0.39 is 5.92 Å². The number of anilines is 2. The lowest BCUT2D eigenvalue weighted by Gasteiger charge is -2.34. The topological polar surface area (TPSA) is 49.6 Å². The quantitative estimate of drug-likeness (QED) is 0.802. The normalized spacial score (nSPS) is 21.2. The average molecular weight is 281 g/mol. The molecule has 1 fully saturated rings. The number of nitrogen functional groups attached to an aromatic ring is 1. The van der Waals surface area contributed by atoms with Crippen LogP contribution in [0.4, 0.5) is 20.2 Å². The zero-order valence-corrected chi connectivity index (χ0v) is 11.3. The maximum atomic E-state index is 13.3. The Labute approximate surface area is 116 Å². The van der Waals surface area contributed by atoms with Crippen molar-refractivity contribution in [3.8, 4) is 0 Å². The van der Waals surface area contributed by atoms with Crippen molar-refractivity contribution in [2.75, 3.05) is 30.8 Å². The smallest absolute Gasteiger partial charge is 0.256 e. The fourth-order valence-corrected chi connectivity index (χ4v) is 2.92. The molecule has 0 radical (unpaired) electrons. The van der Waals surface area contributed by atoms with Crippen LogP contribution in [0.5, 0.6) is 0 Å². The van der Waals surface area contributed by atoms with E-state index in [1.54, 1.807) is 24.1 Å². The Kier molecular flexibility index (Phi) is 2.84. The van der Waals surface area contributed by atoms with Gasteiger partial charge in [-0.2, -0.15) is 0 Å². The molecule has 3 rings (SSSR count). The predicted octanol–water partition coefficient (Wildman–Crippen LogP) is 2.09. The number of carbonyl (C=O) groups is 1. The van der Waals surface area contributed by atoms with Crippen molar-refractivity contribution in [1.82, 2.24) is 4.90 Å². The zero-order chi connectivity index (χ0) is 14.5. The number of carbonyl (C=O) groups excluding carboxylic acids is 1. The average Bonchev–Trinajstić information content (AvgIpc) is 2.64. The van der Waals surface area contributed by atoms with Gasteiger partial charge in [0.1, 0.15) is 0 Å². The number of benzene rings is 1. The van der Waals surface area contributed by atoms with E-state index in [2.05, 4.69) is 0 Å². The Balaban J connectivity index is 1.97. The van der Waals surface area contributed by atoms with Crippen LogP contribution in [-0.2, 0) is 6.54 Å². The van der Waals surface area contributed by atoms with Gasteiger partial charge in [-0.3, -0.25) is 4.79 Å². The minimum atomic E-state index is -2.60. The molecular formula is C14H17F2N3O. The molecule has 20 heavy (non-hydrogen) atoms. The fourth-order valence-electron chi connectivity index (χ4n) is 2.92. The van der Waals surface area contributed by atoms with Gasteiger partial charge in [-0.25, -0.2) is 8.78 Å². The molecule has 0 saturated carbocycles. The largest absolute Gasteiger partial charge is 0.399 e. The highest BCUT2D eigenvalue weighted by Gasteiger charge is 2.36. The van der Waals surface area contributed by atoms with E-state index in [4.69, 9.17) is 5.73 Å². The number of rotatable bonds is 1. The third-order valence-electron chi connectivity index (χ3n) is 4.03. The molecule has 2 aliphatic rings. The summed E-state index contributed by atoms with van der Waals surface area (Å²) in [6.45, 7) is 1.02. The van der Waals surface area contributed by atoms with Crippen LogP contribution < -0.4 is 10.6 Å². The highest BCUT2D eigenvalue weighted by atomic mass is 19.3. The molecule has 1 amide bonds. The summed E-state index contributed by atoms with van der Waals surface area (Å²) in [5.74, 6) is -2.66. The van der Waals surface area contributed by atoms with Gasteiger partial charge in [0.25, 0.3) is 11.8 Å². The lowest BCUT2D eigenvalue weighted by Crippen LogP contribution is -2.40. The van der Waals surface area contributed by atoms with E-state index in [-0.39, 0.29) is 31.8 Å². The SMILES string of the molecule is CN1Cc2cc(N)cc(N3CCC(F)(F)CC3)c2C1=O. The molecule has 0 bridgehead atoms. The lowest BCUT2D eigenvalue weighted by molar-refractivity contribution is -0.0220.